The maximum atomic E-state index is 12.9. The van der Waals surface area contributed by atoms with E-state index in [-0.39, 0.29) is 16.9 Å². The van der Waals surface area contributed by atoms with Crippen molar-refractivity contribution in [2.45, 2.75) is 31.2 Å². The maximum Gasteiger partial charge on any atom is 0.326 e. The molecule has 1 aromatic heterocycles. The van der Waals surface area contributed by atoms with Gasteiger partial charge in [0.15, 0.2) is 0 Å². The largest absolute Gasteiger partial charge is 0.480 e. The molecule has 0 saturated carbocycles. The minimum Gasteiger partial charge on any atom is -0.480 e. The lowest BCUT2D eigenvalue weighted by Crippen LogP contribution is -2.42. The number of sulfonamides is 1. The molecule has 1 atom stereocenters. The number of aromatic nitrogens is 1. The number of carboxylic acids is 1. The molecule has 3 N–H and O–H groups in total. The topological polar surface area (TPSA) is 120 Å². The molecule has 3 rings (SSSR count). The van der Waals surface area contributed by atoms with Gasteiger partial charge in [0.05, 0.1) is 4.90 Å². The Morgan fingerprint density at radius 3 is 2.48 bits per heavy atom. The van der Waals surface area contributed by atoms with E-state index in [0.29, 0.717) is 11.1 Å². The van der Waals surface area contributed by atoms with Crippen LogP contribution in [-0.4, -0.2) is 54.8 Å². The zero-order valence-corrected chi connectivity index (χ0v) is 18.6. The van der Waals surface area contributed by atoms with Gasteiger partial charge in [0.25, 0.3) is 5.91 Å². The van der Waals surface area contributed by atoms with Gasteiger partial charge in [0.2, 0.25) is 10.0 Å². The van der Waals surface area contributed by atoms with Crippen molar-refractivity contribution in [1.29, 1.82) is 0 Å². The zero-order valence-electron chi connectivity index (χ0n) is 17.8. The van der Waals surface area contributed by atoms with Crippen LogP contribution in [0.5, 0.6) is 0 Å². The van der Waals surface area contributed by atoms with Crippen molar-refractivity contribution in [1.82, 2.24) is 14.6 Å². The molecule has 0 fully saturated rings. The van der Waals surface area contributed by atoms with E-state index in [1.165, 1.54) is 20.2 Å². The van der Waals surface area contributed by atoms with Crippen molar-refractivity contribution in [3.05, 3.63) is 64.8 Å². The summed E-state index contributed by atoms with van der Waals surface area (Å²) in [6.07, 6.45) is 1.81. The highest BCUT2D eigenvalue weighted by atomic mass is 32.2. The first kappa shape index (κ1) is 22.5. The number of hydrogen-bond donors (Lipinski definition) is 3. The Kier molecular flexibility index (Phi) is 6.19. The van der Waals surface area contributed by atoms with Gasteiger partial charge in [0.1, 0.15) is 6.04 Å². The number of carboxylic acid groups (broad SMARTS) is 1. The molecule has 1 heterocycles. The number of H-pyrrole nitrogens is 1. The molecule has 9 heteroatoms. The summed E-state index contributed by atoms with van der Waals surface area (Å²) in [5.41, 5.74) is 2.89. The van der Waals surface area contributed by atoms with Gasteiger partial charge in [-0.15, -0.1) is 0 Å². The van der Waals surface area contributed by atoms with Crippen LogP contribution in [0.25, 0.3) is 10.9 Å². The van der Waals surface area contributed by atoms with Crippen LogP contribution in [-0.2, 0) is 21.2 Å². The maximum absolute atomic E-state index is 12.9. The Labute approximate surface area is 180 Å². The van der Waals surface area contributed by atoms with Crippen LogP contribution in [0.4, 0.5) is 0 Å². The zero-order chi connectivity index (χ0) is 22.9. The Balaban J connectivity index is 1.91. The van der Waals surface area contributed by atoms with Gasteiger partial charge in [0, 0.05) is 43.2 Å². The normalized spacial score (nSPS) is 12.8. The lowest BCUT2D eigenvalue weighted by Gasteiger charge is -2.18. The lowest BCUT2D eigenvalue weighted by atomic mass is 10.0. The number of aryl methyl sites for hydroxylation is 1. The summed E-state index contributed by atoms with van der Waals surface area (Å²) >= 11 is 0. The van der Waals surface area contributed by atoms with E-state index < -0.39 is 27.9 Å². The molecule has 3 aromatic rings. The van der Waals surface area contributed by atoms with Gasteiger partial charge in [-0.05, 0) is 48.7 Å². The number of amides is 1. The van der Waals surface area contributed by atoms with Crippen LogP contribution in [0, 0.1) is 13.8 Å². The quantitative estimate of drug-likeness (QED) is 0.518. The summed E-state index contributed by atoms with van der Waals surface area (Å²) in [4.78, 5) is 27.8. The molecule has 0 saturated heterocycles. The average Bonchev–Trinajstić information content (AvgIpc) is 3.11. The first-order chi connectivity index (χ1) is 14.5. The van der Waals surface area contributed by atoms with E-state index >= 15 is 0 Å². The number of aliphatic carboxylic acids is 1. The Hall–Kier alpha value is -3.17. The molecule has 8 nitrogen and oxygen atoms in total. The highest BCUT2D eigenvalue weighted by Crippen LogP contribution is 2.24. The summed E-state index contributed by atoms with van der Waals surface area (Å²) in [6, 6.07) is 9.16. The fourth-order valence-corrected chi connectivity index (χ4v) is 4.60. The van der Waals surface area contributed by atoms with Gasteiger partial charge in [-0.1, -0.05) is 18.2 Å². The van der Waals surface area contributed by atoms with Gasteiger partial charge in [-0.25, -0.2) is 17.5 Å². The molecule has 0 radical (unpaired) electrons. The van der Waals surface area contributed by atoms with Crippen LogP contribution in [0.1, 0.15) is 27.0 Å². The van der Waals surface area contributed by atoms with Gasteiger partial charge in [-0.2, -0.15) is 0 Å². The molecule has 164 valence electrons. The van der Waals surface area contributed by atoms with Crippen LogP contribution < -0.4 is 5.32 Å². The molecule has 31 heavy (non-hydrogen) atoms. The predicted molar refractivity (Wildman–Crippen MR) is 118 cm³/mol. The molecule has 0 aliphatic carbocycles. The summed E-state index contributed by atoms with van der Waals surface area (Å²) in [6.45, 7) is 3.38. The molecular weight excluding hydrogens is 418 g/mol. The Bertz CT molecular complexity index is 1260. The average molecular weight is 444 g/mol. The second-order valence-corrected chi connectivity index (χ2v) is 9.75. The number of hydrogen-bond acceptors (Lipinski definition) is 4. The molecule has 0 unspecified atom stereocenters. The van der Waals surface area contributed by atoms with Crippen molar-refractivity contribution in [3.63, 3.8) is 0 Å². The number of fused-ring (bicyclic) bond motifs is 1. The lowest BCUT2D eigenvalue weighted by molar-refractivity contribution is -0.139. The summed E-state index contributed by atoms with van der Waals surface area (Å²) in [5, 5.41) is 13.1. The first-order valence-corrected chi connectivity index (χ1v) is 11.1. The second-order valence-electron chi connectivity index (χ2n) is 7.63. The highest BCUT2D eigenvalue weighted by Gasteiger charge is 2.26. The molecule has 0 aliphatic rings. The third-order valence-electron chi connectivity index (χ3n) is 5.34. The minimum atomic E-state index is -3.76. The van der Waals surface area contributed by atoms with Gasteiger partial charge < -0.3 is 15.4 Å². The second kappa shape index (κ2) is 8.52. The van der Waals surface area contributed by atoms with E-state index in [1.807, 2.05) is 24.3 Å². The van der Waals surface area contributed by atoms with Crippen LogP contribution in [0.2, 0.25) is 0 Å². The summed E-state index contributed by atoms with van der Waals surface area (Å²) in [5.74, 6) is -1.82. The number of rotatable bonds is 7. The van der Waals surface area contributed by atoms with Gasteiger partial charge in [-0.3, -0.25) is 4.79 Å². The van der Waals surface area contributed by atoms with E-state index in [4.69, 9.17) is 0 Å². The molecule has 0 aliphatic heterocycles. The fourth-order valence-electron chi connectivity index (χ4n) is 3.38. The molecular formula is C22H25N3O5S. The van der Waals surface area contributed by atoms with Crippen LogP contribution in [0.3, 0.4) is 0 Å². The predicted octanol–water partition coefficient (Wildman–Crippen LogP) is 2.46. The molecule has 0 spiro atoms. The van der Waals surface area contributed by atoms with Crippen LogP contribution >= 0.6 is 0 Å². The Morgan fingerprint density at radius 2 is 1.84 bits per heavy atom. The van der Waals surface area contributed by atoms with E-state index in [0.717, 1.165) is 20.8 Å². The van der Waals surface area contributed by atoms with Crippen molar-refractivity contribution >= 4 is 32.8 Å². The SMILES string of the molecule is Cc1cc(C(=O)N[C@H](Cc2c[nH]c3ccccc23)C(=O)O)cc(S(=O)(=O)N(C)C)c1C. The number of nitrogens with zero attached hydrogens (tertiary/aromatic N) is 1. The van der Waals surface area contributed by atoms with Crippen molar-refractivity contribution in [3.8, 4) is 0 Å². The van der Waals surface area contributed by atoms with E-state index in [9.17, 15) is 23.1 Å². The first-order valence-electron chi connectivity index (χ1n) is 9.64. The monoisotopic (exact) mass is 443 g/mol. The number of carbonyl (C=O) groups is 2. The number of aromatic amines is 1. The Morgan fingerprint density at radius 1 is 1.16 bits per heavy atom. The molecule has 1 amide bonds. The van der Waals surface area contributed by atoms with E-state index in [1.54, 1.807) is 26.1 Å². The minimum absolute atomic E-state index is 0.0196. The third kappa shape index (κ3) is 4.47. The standard InChI is InChI=1S/C22H25N3O5S/c1-13-9-15(11-20(14(13)2)31(29,30)25(3)4)21(26)24-19(22(27)28)10-16-12-23-18-8-6-5-7-17(16)18/h5-9,11-12,19,23H,10H2,1-4H3,(H,24,26)(H,27,28)/t19-/m1/s1. The smallest absolute Gasteiger partial charge is 0.326 e. The molecule has 2 aromatic carbocycles. The summed E-state index contributed by atoms with van der Waals surface area (Å²) in [7, 11) is -0.933. The number of carbonyl (C=O) groups excluding carboxylic acids is 1. The summed E-state index contributed by atoms with van der Waals surface area (Å²) < 4.78 is 26.4. The number of nitrogens with one attached hydrogen (secondary N) is 2. The number of para-hydroxylation sites is 1. The van der Waals surface area contributed by atoms with Gasteiger partial charge >= 0.3 is 5.97 Å². The fraction of sp³-hybridized carbons (Fsp3) is 0.273. The van der Waals surface area contributed by atoms with Crippen molar-refractivity contribution < 1.29 is 23.1 Å². The molecule has 0 bridgehead atoms. The van der Waals surface area contributed by atoms with E-state index in [2.05, 4.69) is 10.3 Å². The number of benzene rings is 2. The van der Waals surface area contributed by atoms with Crippen LogP contribution in [0.15, 0.2) is 47.5 Å². The van der Waals surface area contributed by atoms with Crippen molar-refractivity contribution in [2.24, 2.45) is 0 Å². The third-order valence-corrected chi connectivity index (χ3v) is 7.28. The highest BCUT2D eigenvalue weighted by molar-refractivity contribution is 7.89. The van der Waals surface area contributed by atoms with Crippen molar-refractivity contribution in [2.75, 3.05) is 14.1 Å².